The summed E-state index contributed by atoms with van der Waals surface area (Å²) in [4.78, 5) is 0. The van der Waals surface area contributed by atoms with Crippen LogP contribution in [0.5, 0.6) is 5.75 Å². The number of phenols is 1. The van der Waals surface area contributed by atoms with E-state index in [1.807, 2.05) is 18.2 Å². The number of hydrogen-bond donors (Lipinski definition) is 2. The largest absolute Gasteiger partial charge is 0.508 e. The number of rotatable bonds is 1. The molecule has 2 nitrogen and oxygen atoms in total. The van der Waals surface area contributed by atoms with Crippen LogP contribution in [0.15, 0.2) is 42.5 Å². The Morgan fingerprint density at radius 2 is 1.88 bits per heavy atom. The molecule has 0 aromatic heterocycles. The summed E-state index contributed by atoms with van der Waals surface area (Å²) in [6, 6.07) is 11.9. The maximum absolute atomic E-state index is 13.2. The van der Waals surface area contributed by atoms with Crippen molar-refractivity contribution in [2.24, 2.45) is 0 Å². The first-order valence-corrected chi connectivity index (χ1v) is 5.55. The van der Waals surface area contributed by atoms with E-state index in [-0.39, 0.29) is 17.6 Å². The maximum Gasteiger partial charge on any atom is 0.123 e. The van der Waals surface area contributed by atoms with Crippen molar-refractivity contribution < 1.29 is 9.50 Å². The molecule has 0 spiro atoms. The van der Waals surface area contributed by atoms with Gasteiger partial charge in [0.25, 0.3) is 0 Å². The zero-order valence-electron chi connectivity index (χ0n) is 9.15. The standard InChI is InChI=1S/C14H12FNO/c15-11-4-1-10-8-16-14(13(10)7-11)9-2-5-12(17)6-3-9/h1-7,14,16-17H,8H2. The van der Waals surface area contributed by atoms with Crippen LogP contribution in [0, 0.1) is 5.82 Å². The lowest BCUT2D eigenvalue weighted by Crippen LogP contribution is -2.13. The highest BCUT2D eigenvalue weighted by Gasteiger charge is 2.23. The first-order chi connectivity index (χ1) is 8.24. The van der Waals surface area contributed by atoms with Gasteiger partial charge in [0, 0.05) is 6.54 Å². The van der Waals surface area contributed by atoms with Crippen LogP contribution >= 0.6 is 0 Å². The molecule has 0 aliphatic carbocycles. The van der Waals surface area contributed by atoms with Crippen molar-refractivity contribution in [1.29, 1.82) is 0 Å². The lowest BCUT2D eigenvalue weighted by atomic mass is 9.98. The van der Waals surface area contributed by atoms with Gasteiger partial charge < -0.3 is 10.4 Å². The van der Waals surface area contributed by atoms with Crippen molar-refractivity contribution in [3.05, 3.63) is 65.0 Å². The van der Waals surface area contributed by atoms with Crippen molar-refractivity contribution in [3.63, 3.8) is 0 Å². The third kappa shape index (κ3) is 1.78. The molecule has 0 saturated carbocycles. The van der Waals surface area contributed by atoms with Crippen molar-refractivity contribution in [2.45, 2.75) is 12.6 Å². The second-order valence-corrected chi connectivity index (χ2v) is 4.25. The molecule has 1 aliphatic rings. The Hall–Kier alpha value is -1.87. The number of aromatic hydroxyl groups is 1. The molecule has 86 valence electrons. The highest BCUT2D eigenvalue weighted by atomic mass is 19.1. The summed E-state index contributed by atoms with van der Waals surface area (Å²) in [5, 5.41) is 12.6. The molecule has 1 unspecified atom stereocenters. The molecule has 0 fully saturated rings. The van der Waals surface area contributed by atoms with E-state index in [0.29, 0.717) is 0 Å². The average Bonchev–Trinajstić information content (AvgIpc) is 2.73. The van der Waals surface area contributed by atoms with Gasteiger partial charge in [-0.3, -0.25) is 0 Å². The normalized spacial score (nSPS) is 18.1. The first kappa shape index (κ1) is 10.3. The van der Waals surface area contributed by atoms with E-state index in [0.717, 1.165) is 23.2 Å². The van der Waals surface area contributed by atoms with Crippen molar-refractivity contribution >= 4 is 0 Å². The minimum absolute atomic E-state index is 0.0151. The van der Waals surface area contributed by atoms with Crippen LogP contribution in [0.3, 0.4) is 0 Å². The van der Waals surface area contributed by atoms with E-state index in [4.69, 9.17) is 0 Å². The Bertz CT molecular complexity index is 551. The number of benzene rings is 2. The Morgan fingerprint density at radius 1 is 1.12 bits per heavy atom. The molecule has 3 heteroatoms. The minimum Gasteiger partial charge on any atom is -0.508 e. The number of phenolic OH excluding ortho intramolecular Hbond substituents is 1. The van der Waals surface area contributed by atoms with Gasteiger partial charge in [0.1, 0.15) is 11.6 Å². The molecule has 0 amide bonds. The van der Waals surface area contributed by atoms with Gasteiger partial charge >= 0.3 is 0 Å². The highest BCUT2D eigenvalue weighted by Crippen LogP contribution is 2.31. The Labute approximate surface area is 98.7 Å². The van der Waals surface area contributed by atoms with E-state index in [2.05, 4.69) is 5.32 Å². The van der Waals surface area contributed by atoms with Gasteiger partial charge in [-0.2, -0.15) is 0 Å². The molecule has 2 aromatic rings. The van der Waals surface area contributed by atoms with Crippen molar-refractivity contribution in [3.8, 4) is 5.75 Å². The molecule has 0 saturated heterocycles. The molecular formula is C14H12FNO. The number of hydrogen-bond acceptors (Lipinski definition) is 2. The van der Waals surface area contributed by atoms with Crippen LogP contribution in [-0.4, -0.2) is 5.11 Å². The summed E-state index contributed by atoms with van der Waals surface area (Å²) in [5.41, 5.74) is 3.15. The van der Waals surface area contributed by atoms with Gasteiger partial charge in [-0.15, -0.1) is 0 Å². The Balaban J connectivity index is 2.03. The number of nitrogens with one attached hydrogen (secondary N) is 1. The van der Waals surface area contributed by atoms with Crippen LogP contribution in [0.4, 0.5) is 4.39 Å². The van der Waals surface area contributed by atoms with E-state index in [9.17, 15) is 9.50 Å². The van der Waals surface area contributed by atoms with E-state index < -0.39 is 0 Å². The van der Waals surface area contributed by atoms with E-state index in [1.165, 1.54) is 6.07 Å². The van der Waals surface area contributed by atoms with Gasteiger partial charge in [0.2, 0.25) is 0 Å². The molecule has 2 N–H and O–H groups in total. The van der Waals surface area contributed by atoms with E-state index >= 15 is 0 Å². The predicted octanol–water partition coefficient (Wildman–Crippen LogP) is 2.72. The second kappa shape index (κ2) is 3.86. The summed E-state index contributed by atoms with van der Waals surface area (Å²) in [5.74, 6) is 0.0300. The molecule has 1 heterocycles. The molecule has 0 radical (unpaired) electrons. The van der Waals surface area contributed by atoms with Crippen molar-refractivity contribution in [2.75, 3.05) is 0 Å². The minimum atomic E-state index is -0.212. The third-order valence-corrected chi connectivity index (χ3v) is 3.14. The monoisotopic (exact) mass is 229 g/mol. The maximum atomic E-state index is 13.2. The van der Waals surface area contributed by atoms with Crippen molar-refractivity contribution in [1.82, 2.24) is 5.32 Å². The zero-order chi connectivity index (χ0) is 11.8. The topological polar surface area (TPSA) is 32.3 Å². The molecule has 3 rings (SSSR count). The molecule has 0 bridgehead atoms. The molecule has 17 heavy (non-hydrogen) atoms. The SMILES string of the molecule is Oc1ccc(C2NCc3ccc(F)cc32)cc1. The zero-order valence-corrected chi connectivity index (χ0v) is 9.15. The van der Waals surface area contributed by atoms with Crippen LogP contribution in [0.25, 0.3) is 0 Å². The Kier molecular flexibility index (Phi) is 2.34. The van der Waals surface area contributed by atoms with Crippen LogP contribution in [-0.2, 0) is 6.54 Å². The molecule has 2 aromatic carbocycles. The summed E-state index contributed by atoms with van der Waals surface area (Å²) in [7, 11) is 0. The summed E-state index contributed by atoms with van der Waals surface area (Å²) in [6.07, 6.45) is 0. The van der Waals surface area contributed by atoms with Gasteiger partial charge in [-0.05, 0) is 41.0 Å². The third-order valence-electron chi connectivity index (χ3n) is 3.14. The van der Waals surface area contributed by atoms with Gasteiger partial charge in [0.05, 0.1) is 6.04 Å². The quantitative estimate of drug-likeness (QED) is 0.788. The number of fused-ring (bicyclic) bond motifs is 1. The van der Waals surface area contributed by atoms with Gasteiger partial charge in [-0.25, -0.2) is 4.39 Å². The lowest BCUT2D eigenvalue weighted by Gasteiger charge is -2.12. The summed E-state index contributed by atoms with van der Waals surface area (Å²) in [6.45, 7) is 0.751. The van der Waals surface area contributed by atoms with Gasteiger partial charge in [0.15, 0.2) is 0 Å². The average molecular weight is 229 g/mol. The fourth-order valence-electron chi connectivity index (χ4n) is 2.28. The summed E-state index contributed by atoms with van der Waals surface area (Å²) < 4.78 is 13.2. The Morgan fingerprint density at radius 3 is 2.65 bits per heavy atom. The first-order valence-electron chi connectivity index (χ1n) is 5.55. The fourth-order valence-corrected chi connectivity index (χ4v) is 2.28. The predicted molar refractivity (Wildman–Crippen MR) is 63.2 cm³/mol. The molecule has 1 atom stereocenters. The second-order valence-electron chi connectivity index (χ2n) is 4.25. The summed E-state index contributed by atoms with van der Waals surface area (Å²) >= 11 is 0. The fraction of sp³-hybridized carbons (Fsp3) is 0.143. The number of halogens is 1. The van der Waals surface area contributed by atoms with Crippen LogP contribution < -0.4 is 5.32 Å². The molecule has 1 aliphatic heterocycles. The smallest absolute Gasteiger partial charge is 0.123 e. The molecular weight excluding hydrogens is 217 g/mol. The highest BCUT2D eigenvalue weighted by molar-refractivity contribution is 5.42. The van der Waals surface area contributed by atoms with E-state index in [1.54, 1.807) is 18.2 Å². The van der Waals surface area contributed by atoms with Crippen LogP contribution in [0.1, 0.15) is 22.7 Å². The lowest BCUT2D eigenvalue weighted by molar-refractivity contribution is 0.474. The van der Waals surface area contributed by atoms with Crippen LogP contribution in [0.2, 0.25) is 0 Å². The van der Waals surface area contributed by atoms with Gasteiger partial charge in [-0.1, -0.05) is 18.2 Å².